The quantitative estimate of drug-likeness (QED) is 0.123. The molecule has 0 aromatic carbocycles. The first-order valence-corrected chi connectivity index (χ1v) is 12.0. The van der Waals surface area contributed by atoms with Crippen LogP contribution in [0.4, 0.5) is 0 Å². The second-order valence-electron chi connectivity index (χ2n) is 6.78. The maximum absolute atomic E-state index is 10.3. The van der Waals surface area contributed by atoms with Gasteiger partial charge in [0.05, 0.1) is 0 Å². The van der Waals surface area contributed by atoms with Gasteiger partial charge in [0.2, 0.25) is 0 Å². The molecule has 35 heavy (non-hydrogen) atoms. The molecule has 5 aliphatic heterocycles. The van der Waals surface area contributed by atoms with E-state index in [-0.39, 0.29) is 5.97 Å². The zero-order valence-electron chi connectivity index (χ0n) is 22.8. The van der Waals surface area contributed by atoms with Gasteiger partial charge in [0.1, 0.15) is 6.61 Å². The SMILES string of the molecule is C1COC1.CC.CC.CC1=CC(=O)OC1=O.CN1CC1.CN1CCC1.CN=[N+]=[N-].O=C1C=CCO1. The van der Waals surface area contributed by atoms with Crippen molar-refractivity contribution in [2.75, 3.05) is 67.1 Å². The minimum atomic E-state index is -0.562. The lowest BCUT2D eigenvalue weighted by Crippen LogP contribution is -2.32. The Morgan fingerprint density at radius 3 is 1.37 bits per heavy atom. The highest BCUT2D eigenvalue weighted by molar-refractivity contribution is 6.08. The van der Waals surface area contributed by atoms with E-state index < -0.39 is 11.9 Å². The molecule has 0 atom stereocenters. The van der Waals surface area contributed by atoms with E-state index in [1.54, 1.807) is 6.08 Å². The number of cyclic esters (lactones) is 3. The number of azide groups is 1. The van der Waals surface area contributed by atoms with Gasteiger partial charge in [-0.2, -0.15) is 0 Å². The fourth-order valence-electron chi connectivity index (χ4n) is 1.48. The molecule has 11 nitrogen and oxygen atoms in total. The van der Waals surface area contributed by atoms with Crippen LogP contribution < -0.4 is 0 Å². The summed E-state index contributed by atoms with van der Waals surface area (Å²) in [5.74, 6) is -1.32. The van der Waals surface area contributed by atoms with Gasteiger partial charge in [-0.1, -0.05) is 32.8 Å². The summed E-state index contributed by atoms with van der Waals surface area (Å²) in [6, 6.07) is 0. The van der Waals surface area contributed by atoms with Gasteiger partial charge in [-0.15, -0.1) is 0 Å². The summed E-state index contributed by atoms with van der Waals surface area (Å²) in [4.78, 5) is 37.3. The lowest BCUT2D eigenvalue weighted by Gasteiger charge is -2.24. The molecular formula is C24H45N5O6. The first-order chi connectivity index (χ1) is 16.8. The second kappa shape index (κ2) is 27.5. The largest absolute Gasteiger partial charge is 0.458 e. The first kappa shape index (κ1) is 36.8. The standard InChI is InChI=1S/C5H4O3.C4H9N.C4H4O2.C3H7N.C3H6O.2C2H6.CH3N3/c1-3-2-4(6)8-5(3)7;1-5-3-2-4-5;5-4-2-1-3-6-4;1-4-2-3-4;1-2-4-3-1;2*1-2;1-3-4-2/h2H,1H3;2-4H2,1H3;1-2H,3H2;2-3H2,1H3;1-3H2;2*1-2H3;1H3. The van der Waals surface area contributed by atoms with Crippen molar-refractivity contribution in [3.8, 4) is 0 Å². The minimum absolute atomic E-state index is 0.227. The van der Waals surface area contributed by atoms with Crippen LogP contribution in [-0.2, 0) is 28.6 Å². The minimum Gasteiger partial charge on any atom is -0.458 e. The molecule has 0 aromatic heterocycles. The van der Waals surface area contributed by atoms with E-state index in [0.717, 1.165) is 13.2 Å². The summed E-state index contributed by atoms with van der Waals surface area (Å²) in [6.07, 6.45) is 6.96. The number of hydrogen-bond acceptors (Lipinski definition) is 9. The van der Waals surface area contributed by atoms with E-state index in [2.05, 4.69) is 43.4 Å². The molecule has 0 radical (unpaired) electrons. The summed E-state index contributed by atoms with van der Waals surface area (Å²) in [5.41, 5.74) is 7.70. The molecule has 3 fully saturated rings. The van der Waals surface area contributed by atoms with Gasteiger partial charge in [-0.05, 0) is 58.6 Å². The Balaban J connectivity index is -0.000000347. The summed E-state index contributed by atoms with van der Waals surface area (Å²) >= 11 is 0. The van der Waals surface area contributed by atoms with Crippen LogP contribution in [0.15, 0.2) is 28.9 Å². The normalized spacial score (nSPS) is 17.6. The van der Waals surface area contributed by atoms with Crippen LogP contribution in [0.5, 0.6) is 0 Å². The van der Waals surface area contributed by atoms with Crippen molar-refractivity contribution in [2.24, 2.45) is 5.11 Å². The summed E-state index contributed by atoms with van der Waals surface area (Å²) in [7, 11) is 5.64. The molecule has 0 N–H and O–H groups in total. The molecule has 5 heterocycles. The van der Waals surface area contributed by atoms with Crippen LogP contribution in [0, 0.1) is 0 Å². The van der Waals surface area contributed by atoms with E-state index in [9.17, 15) is 14.4 Å². The van der Waals surface area contributed by atoms with E-state index in [1.165, 1.54) is 65.1 Å². The van der Waals surface area contributed by atoms with Crippen molar-refractivity contribution in [3.05, 3.63) is 34.2 Å². The lowest BCUT2D eigenvalue weighted by atomic mass is 10.3. The number of carbonyl (C=O) groups is 3. The zero-order chi connectivity index (χ0) is 27.5. The average Bonchev–Trinajstić information content (AvgIpc) is 3.33. The van der Waals surface area contributed by atoms with Gasteiger partial charge in [0, 0.05) is 56.0 Å². The van der Waals surface area contributed by atoms with E-state index in [0.29, 0.717) is 12.2 Å². The Hall–Kier alpha value is -2.72. The highest BCUT2D eigenvalue weighted by Crippen LogP contribution is 2.04. The van der Waals surface area contributed by atoms with Crippen molar-refractivity contribution >= 4 is 17.9 Å². The van der Waals surface area contributed by atoms with Crippen LogP contribution in [0.2, 0.25) is 0 Å². The van der Waals surface area contributed by atoms with Crippen LogP contribution in [0.3, 0.4) is 0 Å². The first-order valence-electron chi connectivity index (χ1n) is 12.0. The third-order valence-corrected chi connectivity index (χ3v) is 3.84. The summed E-state index contributed by atoms with van der Waals surface area (Å²) in [6.45, 7) is 17.3. The van der Waals surface area contributed by atoms with Crippen LogP contribution in [-0.4, -0.2) is 94.9 Å². The highest BCUT2D eigenvalue weighted by atomic mass is 16.6. The molecule has 202 valence electrons. The monoisotopic (exact) mass is 499 g/mol. The molecule has 0 bridgehead atoms. The molecule has 5 aliphatic rings. The Labute approximate surface area is 210 Å². The van der Waals surface area contributed by atoms with Gasteiger partial charge in [0.15, 0.2) is 0 Å². The van der Waals surface area contributed by atoms with Crippen molar-refractivity contribution in [1.82, 2.24) is 9.80 Å². The van der Waals surface area contributed by atoms with E-state index in [1.807, 2.05) is 27.7 Å². The topological polar surface area (TPSA) is 134 Å². The molecule has 0 aromatic rings. The van der Waals surface area contributed by atoms with Crippen molar-refractivity contribution < 1.29 is 28.6 Å². The number of carbonyl (C=O) groups excluding carboxylic acids is 3. The van der Waals surface area contributed by atoms with Gasteiger partial charge < -0.3 is 24.0 Å². The number of esters is 3. The molecular weight excluding hydrogens is 454 g/mol. The fraction of sp³-hybridized carbons (Fsp3) is 0.708. The smallest absolute Gasteiger partial charge is 0.341 e. The lowest BCUT2D eigenvalue weighted by molar-refractivity contribution is -0.150. The molecule has 0 unspecified atom stereocenters. The fourth-order valence-corrected chi connectivity index (χ4v) is 1.48. The number of ether oxygens (including phenoxy) is 3. The molecule has 0 saturated carbocycles. The van der Waals surface area contributed by atoms with Crippen molar-refractivity contribution in [2.45, 2.75) is 47.5 Å². The number of nitrogens with zero attached hydrogens (tertiary/aromatic N) is 5. The maximum Gasteiger partial charge on any atom is 0.341 e. The summed E-state index contributed by atoms with van der Waals surface area (Å²) in [5, 5.41) is 2.92. The van der Waals surface area contributed by atoms with E-state index in [4.69, 9.17) is 10.3 Å². The van der Waals surface area contributed by atoms with Crippen LogP contribution in [0.25, 0.3) is 10.4 Å². The molecule has 5 rings (SSSR count). The zero-order valence-corrected chi connectivity index (χ0v) is 22.8. The Bertz CT molecular complexity index is 659. The average molecular weight is 500 g/mol. The highest BCUT2D eigenvalue weighted by Gasteiger charge is 2.18. The third-order valence-electron chi connectivity index (χ3n) is 3.84. The van der Waals surface area contributed by atoms with E-state index >= 15 is 0 Å². The van der Waals surface area contributed by atoms with Crippen LogP contribution >= 0.6 is 0 Å². The molecule has 3 saturated heterocycles. The van der Waals surface area contributed by atoms with Crippen LogP contribution in [0.1, 0.15) is 47.5 Å². The van der Waals surface area contributed by atoms with Crippen molar-refractivity contribution in [1.29, 1.82) is 0 Å². The number of likely N-dealkylation sites (tertiary alicyclic amines) is 1. The number of likely N-dealkylation sites (N-methyl/N-ethyl adjacent to an activating group) is 1. The Morgan fingerprint density at radius 2 is 1.31 bits per heavy atom. The summed E-state index contributed by atoms with van der Waals surface area (Å²) < 4.78 is 13.2. The number of hydrogen-bond donors (Lipinski definition) is 0. The predicted octanol–water partition coefficient (Wildman–Crippen LogP) is 3.75. The molecule has 0 aliphatic carbocycles. The molecule has 11 heteroatoms. The maximum atomic E-state index is 10.3. The molecule has 0 spiro atoms. The predicted molar refractivity (Wildman–Crippen MR) is 138 cm³/mol. The molecule has 0 amide bonds. The van der Waals surface area contributed by atoms with Gasteiger partial charge in [-0.25, -0.2) is 14.4 Å². The Morgan fingerprint density at radius 1 is 0.914 bits per heavy atom. The number of rotatable bonds is 0. The van der Waals surface area contributed by atoms with Gasteiger partial charge in [0.25, 0.3) is 0 Å². The van der Waals surface area contributed by atoms with Crippen molar-refractivity contribution in [3.63, 3.8) is 0 Å². The second-order valence-corrected chi connectivity index (χ2v) is 6.78. The Kier molecular flexibility index (Phi) is 29.0. The third kappa shape index (κ3) is 29.2. The van der Waals surface area contributed by atoms with Gasteiger partial charge in [-0.3, -0.25) is 0 Å². The van der Waals surface area contributed by atoms with Gasteiger partial charge >= 0.3 is 17.9 Å².